The molecular formula is C31H26N4O9. The average Bonchev–Trinajstić information content (AvgIpc) is 3.23. The summed E-state index contributed by atoms with van der Waals surface area (Å²) in [6.45, 7) is 1.54. The van der Waals surface area contributed by atoms with Crippen LogP contribution >= 0.6 is 0 Å². The van der Waals surface area contributed by atoms with Gasteiger partial charge >= 0.3 is 11.4 Å². The fraction of sp³-hybridized carbons (Fsp3) is 0.290. The monoisotopic (exact) mass is 598 g/mol. The molecule has 224 valence electrons. The molecule has 2 aromatic rings. The van der Waals surface area contributed by atoms with Crippen LogP contribution in [0.3, 0.4) is 0 Å². The molecule has 1 heterocycles. The lowest BCUT2D eigenvalue weighted by atomic mass is 9.59. The summed E-state index contributed by atoms with van der Waals surface area (Å²) in [7, 11) is 2.82. The average molecular weight is 599 g/mol. The molecule has 0 unspecified atom stereocenters. The molecule has 2 amide bonds. The van der Waals surface area contributed by atoms with E-state index in [2.05, 4.69) is 0 Å². The Labute approximate surface area is 250 Å². The number of Topliss-reactive ketones (excluding diaryl/α,β-unsaturated/α-hetero) is 1. The molecule has 0 bridgehead atoms. The number of fused-ring (bicyclic) bond motifs is 3. The lowest BCUT2D eigenvalue weighted by molar-refractivity contribution is -0.392. The molecule has 3 aliphatic carbocycles. The van der Waals surface area contributed by atoms with Crippen LogP contribution in [0.25, 0.3) is 0 Å². The van der Waals surface area contributed by atoms with Crippen molar-refractivity contribution in [3.63, 3.8) is 0 Å². The van der Waals surface area contributed by atoms with Crippen LogP contribution in [0.2, 0.25) is 0 Å². The topological polar surface area (TPSA) is 181 Å². The molecule has 0 radical (unpaired) electrons. The number of ketones is 2. The zero-order chi connectivity index (χ0) is 31.8. The molecule has 13 heteroatoms. The van der Waals surface area contributed by atoms with Crippen molar-refractivity contribution in [3.8, 4) is 5.75 Å². The van der Waals surface area contributed by atoms with E-state index in [-0.39, 0.29) is 52.7 Å². The zero-order valence-electron chi connectivity index (χ0n) is 23.8. The Morgan fingerprint density at radius 3 is 2.11 bits per heavy atom. The van der Waals surface area contributed by atoms with E-state index in [9.17, 15) is 44.5 Å². The predicted molar refractivity (Wildman–Crippen MR) is 156 cm³/mol. The molecule has 6 rings (SSSR count). The van der Waals surface area contributed by atoms with Crippen LogP contribution < -0.4 is 9.80 Å². The smallest absolute Gasteiger partial charge is 0.301 e. The first-order chi connectivity index (χ1) is 20.8. The molecule has 1 fully saturated rings. The van der Waals surface area contributed by atoms with Crippen molar-refractivity contribution in [3.05, 3.63) is 96.6 Å². The normalized spacial score (nSPS) is 24.4. The minimum Gasteiger partial charge on any atom is -0.508 e. The first-order valence-electron chi connectivity index (χ1n) is 13.8. The van der Waals surface area contributed by atoms with Crippen molar-refractivity contribution < 1.29 is 34.1 Å². The van der Waals surface area contributed by atoms with Crippen molar-refractivity contribution >= 4 is 46.1 Å². The number of carbonyl (C=O) groups excluding carboxylic acids is 4. The van der Waals surface area contributed by atoms with Crippen molar-refractivity contribution in [1.82, 2.24) is 0 Å². The Kier molecular flexibility index (Phi) is 6.56. The molecule has 1 saturated heterocycles. The van der Waals surface area contributed by atoms with Crippen LogP contribution in [-0.2, 0) is 19.2 Å². The van der Waals surface area contributed by atoms with Crippen molar-refractivity contribution in [2.24, 2.45) is 17.8 Å². The number of rotatable bonds is 5. The highest BCUT2D eigenvalue weighted by Gasteiger charge is 2.57. The third-order valence-electron chi connectivity index (χ3n) is 8.94. The second-order valence-corrected chi connectivity index (χ2v) is 11.6. The van der Waals surface area contributed by atoms with Crippen LogP contribution in [0.5, 0.6) is 5.75 Å². The number of hydrogen-bond donors (Lipinski definition) is 1. The van der Waals surface area contributed by atoms with Gasteiger partial charge in [0, 0.05) is 48.9 Å². The standard InChI is InChI=1S/C31H26N4O9/c1-14-10-24(37)27-21(29(14)38)13-20-18(25(27)15-4-6-17(36)7-5-15)8-9-19-26(20)31(40)33(30(19)39)16-11-22(34(41)42)28(32(2)3)23(12-16)35(43)44/h4-8,10-12,19-20,25-26,36H,9,13H2,1-3H3/t19-,20+,25-,26-/m0/s1. The van der Waals surface area contributed by atoms with Gasteiger partial charge in [0.15, 0.2) is 17.3 Å². The summed E-state index contributed by atoms with van der Waals surface area (Å²) in [6.07, 6.45) is 3.25. The maximum Gasteiger partial charge on any atom is 0.301 e. The number of nitro groups is 2. The van der Waals surface area contributed by atoms with Crippen LogP contribution in [0.1, 0.15) is 31.2 Å². The van der Waals surface area contributed by atoms with E-state index in [1.54, 1.807) is 12.1 Å². The molecule has 0 aromatic heterocycles. The number of anilines is 2. The van der Waals surface area contributed by atoms with E-state index in [0.29, 0.717) is 16.7 Å². The Morgan fingerprint density at radius 1 is 0.932 bits per heavy atom. The summed E-state index contributed by atoms with van der Waals surface area (Å²) in [6, 6.07) is 8.18. The highest BCUT2D eigenvalue weighted by atomic mass is 16.6. The molecule has 0 spiro atoms. The van der Waals surface area contributed by atoms with Crippen LogP contribution in [0.15, 0.2) is 70.8 Å². The van der Waals surface area contributed by atoms with E-state index in [1.165, 1.54) is 44.1 Å². The number of carbonyl (C=O) groups is 4. The van der Waals surface area contributed by atoms with Crippen molar-refractivity contribution in [2.45, 2.75) is 25.7 Å². The van der Waals surface area contributed by atoms with Crippen LogP contribution in [0.4, 0.5) is 22.7 Å². The summed E-state index contributed by atoms with van der Waals surface area (Å²) >= 11 is 0. The van der Waals surface area contributed by atoms with Gasteiger partial charge in [-0.3, -0.25) is 39.4 Å². The highest BCUT2D eigenvalue weighted by molar-refractivity contribution is 6.25. The van der Waals surface area contributed by atoms with Crippen LogP contribution in [-0.4, -0.2) is 52.4 Å². The maximum absolute atomic E-state index is 14.2. The number of hydrogen-bond acceptors (Lipinski definition) is 10. The van der Waals surface area contributed by atoms with E-state index in [4.69, 9.17) is 0 Å². The molecule has 0 saturated carbocycles. The van der Waals surface area contributed by atoms with Gasteiger partial charge in [-0.1, -0.05) is 23.8 Å². The first kappa shape index (κ1) is 28.6. The minimum atomic E-state index is -0.975. The van der Waals surface area contributed by atoms with E-state index in [1.807, 2.05) is 6.08 Å². The van der Waals surface area contributed by atoms with Crippen molar-refractivity contribution in [1.29, 1.82) is 0 Å². The molecule has 1 aliphatic heterocycles. The van der Waals surface area contributed by atoms with Gasteiger partial charge in [0.2, 0.25) is 11.8 Å². The molecule has 1 N–H and O–H groups in total. The molecular weight excluding hydrogens is 572 g/mol. The number of amides is 2. The lowest BCUT2D eigenvalue weighted by Gasteiger charge is -2.42. The van der Waals surface area contributed by atoms with E-state index >= 15 is 0 Å². The molecule has 4 atom stereocenters. The summed E-state index contributed by atoms with van der Waals surface area (Å²) in [5.41, 5.74) is 0.288. The Balaban J connectivity index is 1.48. The zero-order valence-corrected chi connectivity index (χ0v) is 23.8. The van der Waals surface area contributed by atoms with Crippen LogP contribution in [0, 0.1) is 38.0 Å². The molecule has 2 aromatic carbocycles. The largest absolute Gasteiger partial charge is 0.508 e. The van der Waals surface area contributed by atoms with E-state index < -0.39 is 56.7 Å². The first-order valence-corrected chi connectivity index (χ1v) is 13.8. The molecule has 13 nitrogen and oxygen atoms in total. The fourth-order valence-electron chi connectivity index (χ4n) is 7.14. The maximum atomic E-state index is 14.2. The highest BCUT2D eigenvalue weighted by Crippen LogP contribution is 2.56. The van der Waals surface area contributed by atoms with Gasteiger partial charge in [0.25, 0.3) is 0 Å². The number of benzene rings is 2. The summed E-state index contributed by atoms with van der Waals surface area (Å²) in [5.74, 6) is -5.21. The number of nitrogens with zero attached hydrogens (tertiary/aromatic N) is 4. The number of imide groups is 1. The van der Waals surface area contributed by atoms with Crippen molar-refractivity contribution in [2.75, 3.05) is 23.9 Å². The summed E-state index contributed by atoms with van der Waals surface area (Å²) in [4.78, 5) is 79.0. The van der Waals surface area contributed by atoms with Gasteiger partial charge in [0.1, 0.15) is 5.75 Å². The van der Waals surface area contributed by atoms with Gasteiger partial charge in [-0.2, -0.15) is 0 Å². The summed E-state index contributed by atoms with van der Waals surface area (Å²) in [5, 5.41) is 33.8. The predicted octanol–water partition coefficient (Wildman–Crippen LogP) is 3.91. The van der Waals surface area contributed by atoms with E-state index in [0.717, 1.165) is 17.0 Å². The Bertz CT molecular complexity index is 1780. The number of phenols is 1. The third-order valence-corrected chi connectivity index (χ3v) is 8.94. The third kappa shape index (κ3) is 4.14. The Morgan fingerprint density at radius 2 is 1.55 bits per heavy atom. The SMILES string of the molecule is CC1=CC(=O)C2=C(C[C@@H]3C(=CC[C@@H]4C(=O)N(c5cc([N+](=O)[O-])c(N(C)C)c([N+](=O)[O-])c5)C(=O)[C@@H]43)[C@@H]2c2ccc(O)cc2)C1=O. The summed E-state index contributed by atoms with van der Waals surface area (Å²) < 4.78 is 0. The fourth-order valence-corrected chi connectivity index (χ4v) is 7.14. The minimum absolute atomic E-state index is 0.00506. The van der Waals surface area contributed by atoms with Gasteiger partial charge < -0.3 is 10.0 Å². The number of aromatic hydroxyl groups is 1. The number of allylic oxidation sites excluding steroid dienone is 6. The van der Waals surface area contributed by atoms with Gasteiger partial charge in [-0.15, -0.1) is 0 Å². The second kappa shape index (κ2) is 10.1. The Hall–Kier alpha value is -5.46. The number of phenolic OH excluding ortho intramolecular Hbond substituents is 1. The lowest BCUT2D eigenvalue weighted by Crippen LogP contribution is -2.39. The van der Waals surface area contributed by atoms with Gasteiger partial charge in [-0.25, -0.2) is 4.90 Å². The van der Waals surface area contributed by atoms with Gasteiger partial charge in [0.05, 0.1) is 27.4 Å². The van der Waals surface area contributed by atoms with Gasteiger partial charge in [-0.05, 0) is 49.5 Å². The second-order valence-electron chi connectivity index (χ2n) is 11.6. The molecule has 4 aliphatic rings. The molecule has 44 heavy (non-hydrogen) atoms. The quantitative estimate of drug-likeness (QED) is 0.174. The number of nitro benzene ring substituents is 2.